The van der Waals surface area contributed by atoms with E-state index in [0.29, 0.717) is 23.6 Å². The summed E-state index contributed by atoms with van der Waals surface area (Å²) >= 11 is 3.43. The molecular weight excluding hydrogens is 617 g/mol. The molecule has 1 aromatic heterocycles. The first-order valence-corrected chi connectivity index (χ1v) is 16.0. The van der Waals surface area contributed by atoms with Crippen LogP contribution in [-0.2, 0) is 35.2 Å². The number of rotatable bonds is 12. The molecule has 4 rings (SSSR count). The molecule has 0 unspecified atom stereocenters. The van der Waals surface area contributed by atoms with Gasteiger partial charge in [-0.25, -0.2) is 9.78 Å². The summed E-state index contributed by atoms with van der Waals surface area (Å²) in [6.45, 7) is 3.87. The van der Waals surface area contributed by atoms with Crippen LogP contribution in [0.4, 0.5) is 10.8 Å². The second kappa shape index (κ2) is 14.1. The fraction of sp³-hybridized carbons (Fsp3) is 0.370. The average Bonchev–Trinajstić information content (AvgIpc) is 3.41. The molecule has 2 aliphatic rings. The molecule has 3 heterocycles. The SMILES string of the molecule is CCCN(C(=O)CSC(C)=O)c1ccc(CC2=C(C(=O)O)N3C(=O)[C@@H](NC(=O)/C(=N\OC)c4csc(N)n4)[C@H]3SC2)cc1. The van der Waals surface area contributed by atoms with Gasteiger partial charge in [-0.15, -0.1) is 23.1 Å². The van der Waals surface area contributed by atoms with Crippen molar-refractivity contribution < 1.29 is 33.9 Å². The number of aromatic nitrogens is 1. The smallest absolute Gasteiger partial charge is 0.352 e. The molecule has 2 aliphatic heterocycles. The van der Waals surface area contributed by atoms with Gasteiger partial charge in [-0.05, 0) is 36.1 Å². The zero-order valence-electron chi connectivity index (χ0n) is 23.6. The van der Waals surface area contributed by atoms with Gasteiger partial charge in [-0.1, -0.05) is 36.0 Å². The van der Waals surface area contributed by atoms with Crippen molar-refractivity contribution in [3.05, 3.63) is 52.2 Å². The minimum Gasteiger partial charge on any atom is -0.477 e. The molecule has 0 saturated carbocycles. The van der Waals surface area contributed by atoms with Gasteiger partial charge in [-0.3, -0.25) is 24.1 Å². The van der Waals surface area contributed by atoms with Gasteiger partial charge in [0.1, 0.15) is 29.9 Å². The van der Waals surface area contributed by atoms with E-state index in [9.17, 15) is 29.1 Å². The number of nitrogens with zero attached hydrogens (tertiary/aromatic N) is 4. The number of benzene rings is 1. The Labute approximate surface area is 259 Å². The number of nitrogens with one attached hydrogen (secondary N) is 1. The molecule has 0 radical (unpaired) electrons. The second-order valence-electron chi connectivity index (χ2n) is 9.48. The Morgan fingerprint density at radius 3 is 2.58 bits per heavy atom. The molecule has 1 fully saturated rings. The number of carboxylic acid groups (broad SMARTS) is 1. The summed E-state index contributed by atoms with van der Waals surface area (Å²) in [7, 11) is 1.27. The lowest BCUT2D eigenvalue weighted by atomic mass is 9.98. The summed E-state index contributed by atoms with van der Waals surface area (Å²) in [4.78, 5) is 74.1. The van der Waals surface area contributed by atoms with Gasteiger partial charge < -0.3 is 25.9 Å². The third kappa shape index (κ3) is 7.19. The summed E-state index contributed by atoms with van der Waals surface area (Å²) < 4.78 is 0. The fourth-order valence-corrected chi connectivity index (χ4v) is 7.00. The summed E-state index contributed by atoms with van der Waals surface area (Å²) in [6, 6.07) is 6.24. The standard InChI is InChI=1S/C27H30N6O7S3/c1-4-9-32(19(35)13-41-14(2)34)17-7-5-15(6-8-17)10-16-11-42-25-21(24(37)33(25)22(16)26(38)39)30-23(36)20(31-40-3)18-12-43-27(28)29-18/h5-8,12,21,25H,4,9-11,13H2,1-3H3,(H2,28,29)(H,30,36)(H,38,39)/b31-20-/t21-,25-/m1/s1. The van der Waals surface area contributed by atoms with Crippen LogP contribution in [0.1, 0.15) is 31.5 Å². The number of carbonyl (C=O) groups is 5. The Kier molecular flexibility index (Phi) is 10.5. The zero-order chi connectivity index (χ0) is 31.3. The van der Waals surface area contributed by atoms with Crippen molar-refractivity contribution >= 4 is 80.2 Å². The van der Waals surface area contributed by atoms with Gasteiger partial charge >= 0.3 is 5.97 Å². The Morgan fingerprint density at radius 2 is 2.00 bits per heavy atom. The number of hydrogen-bond donors (Lipinski definition) is 3. The Morgan fingerprint density at radius 1 is 1.28 bits per heavy atom. The van der Waals surface area contributed by atoms with E-state index in [-0.39, 0.29) is 45.4 Å². The number of oxime groups is 1. The van der Waals surface area contributed by atoms with E-state index < -0.39 is 29.2 Å². The molecule has 4 N–H and O–H groups in total. The number of hydrogen-bond acceptors (Lipinski definition) is 12. The van der Waals surface area contributed by atoms with Crippen LogP contribution in [-0.4, -0.2) is 86.1 Å². The molecule has 1 aromatic carbocycles. The molecule has 13 nitrogen and oxygen atoms in total. The number of thiazole rings is 1. The molecule has 2 atom stereocenters. The summed E-state index contributed by atoms with van der Waals surface area (Å²) in [5, 5.41) is 17.4. The molecule has 0 aliphatic carbocycles. The molecule has 1 saturated heterocycles. The van der Waals surface area contributed by atoms with Crippen LogP contribution < -0.4 is 16.0 Å². The van der Waals surface area contributed by atoms with Crippen molar-refractivity contribution in [1.82, 2.24) is 15.2 Å². The van der Waals surface area contributed by atoms with Crippen LogP contribution in [0.25, 0.3) is 0 Å². The van der Waals surface area contributed by atoms with E-state index in [1.54, 1.807) is 17.0 Å². The number of fused-ring (bicyclic) bond motifs is 1. The van der Waals surface area contributed by atoms with Crippen LogP contribution in [0.15, 0.2) is 46.1 Å². The monoisotopic (exact) mass is 646 g/mol. The number of carbonyl (C=O) groups excluding carboxylic acids is 4. The van der Waals surface area contributed by atoms with Crippen molar-refractivity contribution in [1.29, 1.82) is 0 Å². The average molecular weight is 647 g/mol. The minimum absolute atomic E-state index is 0.0512. The maximum atomic E-state index is 13.1. The van der Waals surface area contributed by atoms with Crippen LogP contribution in [0.3, 0.4) is 0 Å². The second-order valence-corrected chi connectivity index (χ2v) is 12.6. The molecule has 0 bridgehead atoms. The van der Waals surface area contributed by atoms with Crippen molar-refractivity contribution in [3.63, 3.8) is 0 Å². The Bertz CT molecular complexity index is 1490. The molecule has 228 valence electrons. The van der Waals surface area contributed by atoms with Gasteiger partial charge in [0.05, 0.1) is 5.75 Å². The fourth-order valence-electron chi connectivity index (χ4n) is 4.62. The molecule has 3 amide bonds. The molecule has 0 spiro atoms. The largest absolute Gasteiger partial charge is 0.477 e. The Balaban J connectivity index is 1.48. The first-order valence-electron chi connectivity index (χ1n) is 13.1. The highest BCUT2D eigenvalue weighted by Crippen LogP contribution is 2.41. The van der Waals surface area contributed by atoms with E-state index in [2.05, 4.69) is 15.5 Å². The minimum atomic E-state index is -1.24. The van der Waals surface area contributed by atoms with Crippen LogP contribution >= 0.6 is 34.9 Å². The predicted molar refractivity (Wildman–Crippen MR) is 166 cm³/mol. The number of nitrogens with two attached hydrogens (primary N) is 1. The van der Waals surface area contributed by atoms with Crippen molar-refractivity contribution in [2.75, 3.05) is 35.8 Å². The van der Waals surface area contributed by atoms with Crippen LogP contribution in [0.5, 0.6) is 0 Å². The number of aliphatic carboxylic acids is 1. The predicted octanol–water partition coefficient (Wildman–Crippen LogP) is 2.08. The van der Waals surface area contributed by atoms with Gasteiger partial charge in [0, 0.05) is 30.3 Å². The molecule has 43 heavy (non-hydrogen) atoms. The Hall–Kier alpha value is -3.89. The summed E-state index contributed by atoms with van der Waals surface area (Å²) in [6.07, 6.45) is 1.01. The van der Waals surface area contributed by atoms with E-state index in [0.717, 1.165) is 35.1 Å². The van der Waals surface area contributed by atoms with Crippen molar-refractivity contribution in [3.8, 4) is 0 Å². The number of amides is 3. The first-order chi connectivity index (χ1) is 20.5. The maximum Gasteiger partial charge on any atom is 0.352 e. The zero-order valence-corrected chi connectivity index (χ0v) is 26.0. The van der Waals surface area contributed by atoms with Gasteiger partial charge in [0.25, 0.3) is 11.8 Å². The van der Waals surface area contributed by atoms with Gasteiger partial charge in [-0.2, -0.15) is 0 Å². The summed E-state index contributed by atoms with van der Waals surface area (Å²) in [5.41, 5.74) is 7.64. The highest BCUT2D eigenvalue weighted by atomic mass is 32.2. The lowest BCUT2D eigenvalue weighted by Crippen LogP contribution is -2.71. The quantitative estimate of drug-likeness (QED) is 0.174. The number of nitrogen functional groups attached to an aromatic ring is 1. The molecule has 16 heteroatoms. The van der Waals surface area contributed by atoms with Gasteiger partial charge in [0.2, 0.25) is 5.91 Å². The third-order valence-electron chi connectivity index (χ3n) is 6.51. The van der Waals surface area contributed by atoms with E-state index >= 15 is 0 Å². The highest BCUT2D eigenvalue weighted by molar-refractivity contribution is 8.14. The highest BCUT2D eigenvalue weighted by Gasteiger charge is 2.54. The van der Waals surface area contributed by atoms with Gasteiger partial charge in [0.15, 0.2) is 16.0 Å². The topological polar surface area (TPSA) is 185 Å². The number of carboxylic acids is 1. The van der Waals surface area contributed by atoms with E-state index in [1.165, 1.54) is 36.1 Å². The molecular formula is C27H30N6O7S3. The van der Waals surface area contributed by atoms with E-state index in [4.69, 9.17) is 10.6 Å². The number of β-lactam (4-membered cyclic amide) rings is 1. The molecule has 2 aromatic rings. The first kappa shape index (κ1) is 32.0. The van der Waals surface area contributed by atoms with Crippen molar-refractivity contribution in [2.24, 2.45) is 5.16 Å². The lowest BCUT2D eigenvalue weighted by molar-refractivity contribution is -0.150. The maximum absolute atomic E-state index is 13.1. The van der Waals surface area contributed by atoms with E-state index in [1.807, 2.05) is 19.1 Å². The third-order valence-corrected chi connectivity index (χ3v) is 9.32. The van der Waals surface area contributed by atoms with Crippen LogP contribution in [0, 0.1) is 0 Å². The normalized spacial score (nSPS) is 18.1. The summed E-state index contributed by atoms with van der Waals surface area (Å²) in [5.74, 6) is -2.29. The van der Waals surface area contributed by atoms with Crippen molar-refractivity contribution in [2.45, 2.75) is 38.1 Å². The number of anilines is 2. The number of thioether (sulfide) groups is 2. The van der Waals surface area contributed by atoms with Crippen LogP contribution in [0.2, 0.25) is 0 Å². The lowest BCUT2D eigenvalue weighted by Gasteiger charge is -2.49.